The van der Waals surface area contributed by atoms with Crippen LogP contribution in [-0.2, 0) is 28.6 Å². The minimum atomic E-state index is -0.758. The molecule has 0 aliphatic rings. The van der Waals surface area contributed by atoms with Gasteiger partial charge in [-0.15, -0.1) is 0 Å². The summed E-state index contributed by atoms with van der Waals surface area (Å²) >= 11 is 0. The fourth-order valence-corrected chi connectivity index (χ4v) is 7.92. The van der Waals surface area contributed by atoms with Crippen LogP contribution in [0.4, 0.5) is 0 Å². The molecule has 58 heavy (non-hydrogen) atoms. The third-order valence-corrected chi connectivity index (χ3v) is 11.9. The Hall–Kier alpha value is -1.59. The van der Waals surface area contributed by atoms with Crippen LogP contribution < -0.4 is 0 Å². The van der Waals surface area contributed by atoms with E-state index < -0.39 is 6.10 Å². The van der Waals surface area contributed by atoms with E-state index in [4.69, 9.17) is 14.2 Å². The fourth-order valence-electron chi connectivity index (χ4n) is 7.92. The van der Waals surface area contributed by atoms with Crippen molar-refractivity contribution >= 4 is 17.9 Å². The average molecular weight is 821 g/mol. The van der Waals surface area contributed by atoms with Gasteiger partial charge in [-0.2, -0.15) is 0 Å². The van der Waals surface area contributed by atoms with Crippen molar-refractivity contribution in [3.8, 4) is 0 Å². The van der Waals surface area contributed by atoms with Crippen molar-refractivity contribution in [3.63, 3.8) is 0 Å². The van der Waals surface area contributed by atoms with E-state index in [2.05, 4.69) is 20.8 Å². The summed E-state index contributed by atoms with van der Waals surface area (Å²) in [5.74, 6) is -0.848. The molecule has 1 atom stereocenters. The van der Waals surface area contributed by atoms with E-state index in [1.165, 1.54) is 199 Å². The Labute approximate surface area is 361 Å². The van der Waals surface area contributed by atoms with Crippen LogP contribution in [0.1, 0.15) is 297 Å². The Morgan fingerprint density at radius 3 is 0.690 bits per heavy atom. The molecule has 0 aromatic rings. The molecule has 0 N–H and O–H groups in total. The molecular weight excluding hydrogens is 721 g/mol. The highest BCUT2D eigenvalue weighted by molar-refractivity contribution is 5.71. The van der Waals surface area contributed by atoms with Gasteiger partial charge in [0.15, 0.2) is 6.10 Å². The van der Waals surface area contributed by atoms with E-state index in [-0.39, 0.29) is 31.1 Å². The van der Waals surface area contributed by atoms with Crippen LogP contribution in [0.25, 0.3) is 0 Å². The number of unbranched alkanes of at least 4 members (excludes halogenated alkanes) is 37. The summed E-state index contributed by atoms with van der Waals surface area (Å²) in [7, 11) is 0. The van der Waals surface area contributed by atoms with Gasteiger partial charge in [0.1, 0.15) is 13.2 Å². The molecule has 0 fully saturated rings. The van der Waals surface area contributed by atoms with Gasteiger partial charge in [0.25, 0.3) is 0 Å². The minimum absolute atomic E-state index is 0.0623. The number of carbonyl (C=O) groups is 3. The summed E-state index contributed by atoms with van der Waals surface area (Å²) < 4.78 is 16.7. The molecule has 0 radical (unpaired) electrons. The summed E-state index contributed by atoms with van der Waals surface area (Å²) in [5.41, 5.74) is 0. The van der Waals surface area contributed by atoms with Crippen LogP contribution in [-0.4, -0.2) is 37.2 Å². The summed E-state index contributed by atoms with van der Waals surface area (Å²) in [6, 6.07) is 0. The predicted octanol–water partition coefficient (Wildman–Crippen LogP) is 16.8. The highest BCUT2D eigenvalue weighted by atomic mass is 16.6. The van der Waals surface area contributed by atoms with Crippen LogP contribution in [0, 0.1) is 0 Å². The molecule has 0 amide bonds. The lowest BCUT2D eigenvalue weighted by Gasteiger charge is -2.18. The van der Waals surface area contributed by atoms with E-state index in [1.807, 2.05) is 0 Å². The molecular formula is C52H100O6. The second-order valence-corrected chi connectivity index (χ2v) is 17.8. The van der Waals surface area contributed by atoms with Crippen LogP contribution >= 0.6 is 0 Å². The standard InChI is InChI=1S/C52H100O6/c1-4-7-10-13-16-18-20-22-24-25-26-28-29-31-33-36-39-42-45-51(54)57-48-49(47-56-50(53)44-41-38-35-15-12-9-6-3)58-52(55)46-43-40-37-34-32-30-27-23-21-19-17-14-11-8-5-2/h49H,4-48H2,1-3H3/t49-/m0/s1. The van der Waals surface area contributed by atoms with Crippen molar-refractivity contribution in [2.45, 2.75) is 303 Å². The number of ether oxygens (including phenoxy) is 3. The Morgan fingerprint density at radius 2 is 0.466 bits per heavy atom. The zero-order valence-corrected chi connectivity index (χ0v) is 39.3. The second kappa shape index (κ2) is 48.1. The maximum absolute atomic E-state index is 12.7. The first kappa shape index (κ1) is 56.4. The number of carbonyl (C=O) groups excluding carboxylic acids is 3. The summed E-state index contributed by atoms with van der Waals surface area (Å²) in [4.78, 5) is 37.8. The van der Waals surface area contributed by atoms with E-state index in [0.717, 1.165) is 57.8 Å². The third kappa shape index (κ3) is 45.5. The van der Waals surface area contributed by atoms with Crippen molar-refractivity contribution in [3.05, 3.63) is 0 Å². The Balaban J connectivity index is 4.17. The summed E-state index contributed by atoms with van der Waals surface area (Å²) in [5, 5.41) is 0. The number of esters is 3. The van der Waals surface area contributed by atoms with E-state index in [9.17, 15) is 14.4 Å². The molecule has 0 rings (SSSR count). The number of hydrogen-bond acceptors (Lipinski definition) is 6. The largest absolute Gasteiger partial charge is 0.462 e. The van der Waals surface area contributed by atoms with Crippen LogP contribution in [0.3, 0.4) is 0 Å². The molecule has 0 aliphatic carbocycles. The van der Waals surface area contributed by atoms with Crippen LogP contribution in [0.2, 0.25) is 0 Å². The van der Waals surface area contributed by atoms with Crippen molar-refractivity contribution in [1.82, 2.24) is 0 Å². The zero-order chi connectivity index (χ0) is 42.3. The summed E-state index contributed by atoms with van der Waals surface area (Å²) in [6.07, 6.45) is 51.0. The third-order valence-electron chi connectivity index (χ3n) is 11.9. The maximum Gasteiger partial charge on any atom is 0.306 e. The minimum Gasteiger partial charge on any atom is -0.462 e. The average Bonchev–Trinajstić information content (AvgIpc) is 3.22. The van der Waals surface area contributed by atoms with Gasteiger partial charge in [0.05, 0.1) is 0 Å². The van der Waals surface area contributed by atoms with Gasteiger partial charge in [-0.1, -0.05) is 258 Å². The SMILES string of the molecule is CCCCCCCCCCCCCCCCCCCCC(=O)OC[C@H](COC(=O)CCCCCCCCC)OC(=O)CCCCCCCCCCCCCCCCC. The Bertz CT molecular complexity index is 859. The molecule has 6 nitrogen and oxygen atoms in total. The normalized spacial score (nSPS) is 11.8. The Morgan fingerprint density at radius 1 is 0.276 bits per heavy atom. The first-order valence-corrected chi connectivity index (χ1v) is 26.0. The van der Waals surface area contributed by atoms with Crippen molar-refractivity contribution < 1.29 is 28.6 Å². The number of rotatable bonds is 48. The molecule has 0 aliphatic heterocycles. The van der Waals surface area contributed by atoms with Crippen LogP contribution in [0.5, 0.6) is 0 Å². The molecule has 0 aromatic heterocycles. The molecule has 6 heteroatoms. The van der Waals surface area contributed by atoms with Gasteiger partial charge in [-0.05, 0) is 19.3 Å². The molecule has 0 spiro atoms. The molecule has 0 saturated heterocycles. The van der Waals surface area contributed by atoms with Gasteiger partial charge < -0.3 is 14.2 Å². The van der Waals surface area contributed by atoms with E-state index >= 15 is 0 Å². The van der Waals surface area contributed by atoms with E-state index in [0.29, 0.717) is 19.3 Å². The molecule has 0 aromatic carbocycles. The maximum atomic E-state index is 12.7. The predicted molar refractivity (Wildman–Crippen MR) is 247 cm³/mol. The van der Waals surface area contributed by atoms with Gasteiger partial charge >= 0.3 is 17.9 Å². The zero-order valence-electron chi connectivity index (χ0n) is 39.3. The lowest BCUT2D eigenvalue weighted by molar-refractivity contribution is -0.167. The topological polar surface area (TPSA) is 78.9 Å². The molecule has 344 valence electrons. The monoisotopic (exact) mass is 821 g/mol. The Kier molecular flexibility index (Phi) is 46.8. The van der Waals surface area contributed by atoms with Crippen molar-refractivity contribution in [1.29, 1.82) is 0 Å². The highest BCUT2D eigenvalue weighted by Crippen LogP contribution is 2.17. The highest BCUT2D eigenvalue weighted by Gasteiger charge is 2.19. The summed E-state index contributed by atoms with van der Waals surface area (Å²) in [6.45, 7) is 6.64. The smallest absolute Gasteiger partial charge is 0.306 e. The van der Waals surface area contributed by atoms with Gasteiger partial charge in [-0.25, -0.2) is 0 Å². The molecule has 0 saturated carbocycles. The first-order chi connectivity index (χ1) is 28.5. The second-order valence-electron chi connectivity index (χ2n) is 17.8. The van der Waals surface area contributed by atoms with Crippen LogP contribution in [0.15, 0.2) is 0 Å². The first-order valence-electron chi connectivity index (χ1n) is 26.0. The number of hydrogen-bond donors (Lipinski definition) is 0. The fraction of sp³-hybridized carbons (Fsp3) is 0.942. The van der Waals surface area contributed by atoms with Crippen molar-refractivity contribution in [2.24, 2.45) is 0 Å². The van der Waals surface area contributed by atoms with Crippen molar-refractivity contribution in [2.75, 3.05) is 13.2 Å². The van der Waals surface area contributed by atoms with Gasteiger partial charge in [0, 0.05) is 19.3 Å². The quantitative estimate of drug-likeness (QED) is 0.0346. The van der Waals surface area contributed by atoms with Gasteiger partial charge in [0.2, 0.25) is 0 Å². The van der Waals surface area contributed by atoms with Gasteiger partial charge in [-0.3, -0.25) is 14.4 Å². The molecule has 0 unspecified atom stereocenters. The molecule has 0 bridgehead atoms. The lowest BCUT2D eigenvalue weighted by atomic mass is 10.0. The molecule has 0 heterocycles. The lowest BCUT2D eigenvalue weighted by Crippen LogP contribution is -2.30. The van der Waals surface area contributed by atoms with E-state index in [1.54, 1.807) is 0 Å².